The summed E-state index contributed by atoms with van der Waals surface area (Å²) in [6, 6.07) is 191. The Morgan fingerprint density at radius 1 is 0.179 bits per heavy atom. The van der Waals surface area contributed by atoms with Gasteiger partial charge in [-0.15, -0.1) is 0 Å². The third kappa shape index (κ3) is 11.8. The van der Waals surface area contributed by atoms with E-state index in [0.29, 0.717) is 0 Å². The fraction of sp³-hybridized carbons (Fsp3) is 0.0376. The molecule has 0 amide bonds. The zero-order valence-electron chi connectivity index (χ0n) is 73.7. The first kappa shape index (κ1) is 77.1. The zero-order valence-corrected chi connectivity index (χ0v) is 73.7. The maximum Gasteiger partial charge on any atom is 0.0720 e. The third-order valence-electron chi connectivity index (χ3n) is 30.3. The van der Waals surface area contributed by atoms with Crippen LogP contribution in [0.3, 0.4) is 0 Å². The van der Waals surface area contributed by atoms with Gasteiger partial charge in [0.1, 0.15) is 0 Å². The van der Waals surface area contributed by atoms with Crippen molar-refractivity contribution in [2.75, 3.05) is 0 Å². The van der Waals surface area contributed by atoms with Crippen molar-refractivity contribution in [1.29, 1.82) is 0 Å². The Morgan fingerprint density at radius 3 is 1.08 bits per heavy atom. The summed E-state index contributed by atoms with van der Waals surface area (Å²) >= 11 is 0. The molecule has 0 aliphatic heterocycles. The monoisotopic (exact) mass is 1700 g/mol. The van der Waals surface area contributed by atoms with Crippen LogP contribution < -0.4 is 0 Å². The lowest BCUT2D eigenvalue weighted by Gasteiger charge is -2.34. The van der Waals surface area contributed by atoms with Crippen molar-refractivity contribution >= 4 is 43.4 Å². The highest BCUT2D eigenvalue weighted by Crippen LogP contribution is 2.65. The maximum atomic E-state index is 2.52. The molecule has 0 N–H and O–H groups in total. The van der Waals surface area contributed by atoms with Crippen molar-refractivity contribution in [3.63, 3.8) is 0 Å². The molecule has 0 radical (unpaired) electrons. The van der Waals surface area contributed by atoms with Gasteiger partial charge in [-0.3, -0.25) is 0 Å². The molecule has 1 aromatic heterocycles. The molecular weight excluding hydrogens is 1610 g/mol. The predicted octanol–water partition coefficient (Wildman–Crippen LogP) is 33.7. The molecule has 0 fully saturated rings. The van der Waals surface area contributed by atoms with Crippen LogP contribution in [-0.4, -0.2) is 4.57 Å². The maximum absolute atomic E-state index is 2.52. The van der Waals surface area contributed by atoms with Crippen LogP contribution in [0.15, 0.2) is 510 Å². The van der Waals surface area contributed by atoms with E-state index in [9.17, 15) is 0 Å². The van der Waals surface area contributed by atoms with Crippen molar-refractivity contribution in [1.82, 2.24) is 4.57 Å². The molecule has 23 aromatic rings. The van der Waals surface area contributed by atoms with Gasteiger partial charge in [-0.1, -0.05) is 461 Å². The fourth-order valence-electron chi connectivity index (χ4n) is 24.5. The van der Waals surface area contributed by atoms with Gasteiger partial charge in [-0.25, -0.2) is 0 Å². The largest absolute Gasteiger partial charge is 0.309 e. The lowest BCUT2D eigenvalue weighted by molar-refractivity contribution is 0.768. The average molecular weight is 1700 g/mol. The first-order valence-electron chi connectivity index (χ1n) is 47.1. The van der Waals surface area contributed by atoms with Crippen molar-refractivity contribution < 1.29 is 0 Å². The zero-order chi connectivity index (χ0) is 88.1. The Bertz CT molecular complexity index is 8560. The molecule has 3 unspecified atom stereocenters. The third-order valence-corrected chi connectivity index (χ3v) is 30.3. The van der Waals surface area contributed by atoms with Gasteiger partial charge in [0.05, 0.1) is 21.9 Å². The van der Waals surface area contributed by atoms with Gasteiger partial charge in [0.2, 0.25) is 0 Å². The molecule has 3 atom stereocenters. The minimum absolute atomic E-state index is 0.0884. The minimum Gasteiger partial charge on any atom is -0.309 e. The second-order valence-electron chi connectivity index (χ2n) is 37.0. The van der Waals surface area contributed by atoms with Crippen molar-refractivity contribution in [3.8, 4) is 106 Å². The van der Waals surface area contributed by atoms with E-state index >= 15 is 0 Å². The van der Waals surface area contributed by atoms with Crippen LogP contribution in [0.25, 0.3) is 149 Å². The van der Waals surface area contributed by atoms with Gasteiger partial charge in [0, 0.05) is 34.2 Å². The Labute approximate surface area is 780 Å². The quantitative estimate of drug-likeness (QED) is 0.115. The number of hydrogen-bond donors (Lipinski definition) is 0. The van der Waals surface area contributed by atoms with Crippen LogP contribution in [0.5, 0.6) is 0 Å². The van der Waals surface area contributed by atoms with Crippen LogP contribution in [-0.2, 0) is 10.8 Å². The summed E-state index contributed by atoms with van der Waals surface area (Å²) in [6.07, 6.45) is 0. The SMILES string of the molecule is c1ccc(-c2ccc(C3c4ccccc4-c4cc(-c5ccc6c(c5)-c5c(ccc7c5-c5ccccc5C7(c5ccccc5)c5ccccc5)C6c5ccc6ccccc6c5)ccc43)cc2)cc1.c1ccc(-c2ccc(C3c4ccccc4-c4cc(-c5ccc6c(c5)c5c7c(ccc5n6-c5ccc6ccccc6c5)-c5ccccc5C7(c5ccccc5)c5ccccc5)ccc43)cc2)cc1. The summed E-state index contributed by atoms with van der Waals surface area (Å²) in [5, 5.41) is 7.54. The number of benzene rings is 22. The minimum atomic E-state index is -0.557. The van der Waals surface area contributed by atoms with E-state index in [1.807, 2.05) is 0 Å². The molecule has 0 spiro atoms. The van der Waals surface area contributed by atoms with Gasteiger partial charge in [-0.2, -0.15) is 0 Å². The molecule has 134 heavy (non-hydrogen) atoms. The first-order chi connectivity index (χ1) is 66.5. The highest BCUT2D eigenvalue weighted by atomic mass is 15.0. The molecule has 1 nitrogen and oxygen atoms in total. The van der Waals surface area contributed by atoms with Crippen LogP contribution in [0.2, 0.25) is 0 Å². The smallest absolute Gasteiger partial charge is 0.0720 e. The molecule has 28 rings (SSSR count). The number of aromatic nitrogens is 1. The summed E-state index contributed by atoms with van der Waals surface area (Å²) in [5.41, 5.74) is 48.2. The van der Waals surface area contributed by atoms with Gasteiger partial charge >= 0.3 is 0 Å². The summed E-state index contributed by atoms with van der Waals surface area (Å²) in [4.78, 5) is 0. The first-order valence-corrected chi connectivity index (χ1v) is 47.1. The van der Waals surface area contributed by atoms with Crippen molar-refractivity contribution in [3.05, 3.63) is 604 Å². The van der Waals surface area contributed by atoms with E-state index < -0.39 is 10.8 Å². The van der Waals surface area contributed by atoms with Crippen LogP contribution in [0, 0.1) is 0 Å². The fourth-order valence-corrected chi connectivity index (χ4v) is 24.5. The second kappa shape index (κ2) is 30.9. The van der Waals surface area contributed by atoms with Gasteiger partial charge in [-0.05, 0) is 265 Å². The molecule has 0 saturated heterocycles. The van der Waals surface area contributed by atoms with Gasteiger partial charge < -0.3 is 4.57 Å². The molecule has 1 heterocycles. The summed E-state index contributed by atoms with van der Waals surface area (Å²) in [7, 11) is 0. The van der Waals surface area contributed by atoms with Gasteiger partial charge in [0.15, 0.2) is 0 Å². The number of fused-ring (bicyclic) bond motifs is 22. The normalized spacial score (nSPS) is 14.9. The summed E-state index contributed by atoms with van der Waals surface area (Å²) in [5.74, 6) is 0.433. The number of nitrogens with zero attached hydrogens (tertiary/aromatic N) is 1. The van der Waals surface area contributed by atoms with E-state index in [2.05, 4.69) is 514 Å². The molecule has 624 valence electrons. The highest BCUT2D eigenvalue weighted by molar-refractivity contribution is 6.17. The van der Waals surface area contributed by atoms with E-state index in [0.717, 1.165) is 5.69 Å². The van der Waals surface area contributed by atoms with E-state index in [-0.39, 0.29) is 17.8 Å². The standard InChI is InChI=1S/C67H44.C66H43N/c1-4-16-43(17-5-1)45-28-31-46(32-29-45)63-54-25-13-12-24-53(54)59-41-48(34-36-55(59)63)49-35-37-56-60(42-49)65-58(64(56)50-33-30-44-18-10-11-19-47(44)40-50)38-39-62-66(65)57-26-14-15-27-61(57)67(62,51-20-6-2-7-21-51)52-22-8-3-9-23-52;1-4-16-43(17-5-1)45-28-30-46(31-29-45)63-55-26-13-12-24-53(55)58-41-48(33-36-56(58)63)49-34-38-61-59(42-49)64-62(67(61)52-35-32-44-18-10-11-19-47(44)40-52)39-37-57-54-25-14-15-27-60(54)66(65(57)64,50-20-6-2-7-21-50)51-22-8-3-9-23-51/h1-42,63-64H;1-42,63H. The predicted molar refractivity (Wildman–Crippen MR) is 557 cm³/mol. The Balaban J connectivity index is 0.000000136. The Morgan fingerprint density at radius 2 is 0.545 bits per heavy atom. The Hall–Kier alpha value is -16.8. The van der Waals surface area contributed by atoms with E-state index in [1.165, 1.54) is 238 Å². The second-order valence-corrected chi connectivity index (χ2v) is 37.0. The number of hydrogen-bond acceptors (Lipinski definition) is 0. The van der Waals surface area contributed by atoms with Crippen molar-refractivity contribution in [2.24, 2.45) is 0 Å². The van der Waals surface area contributed by atoms with Gasteiger partial charge in [0.25, 0.3) is 0 Å². The van der Waals surface area contributed by atoms with Crippen LogP contribution in [0.4, 0.5) is 0 Å². The Kier molecular flexibility index (Phi) is 17.8. The summed E-state index contributed by atoms with van der Waals surface area (Å²) < 4.78 is 2.51. The molecule has 1 heteroatoms. The topological polar surface area (TPSA) is 4.93 Å². The lowest BCUT2D eigenvalue weighted by atomic mass is 9.67. The molecule has 5 aliphatic carbocycles. The number of rotatable bonds is 12. The average Bonchev–Trinajstić information content (AvgIpc) is 1.55. The highest BCUT2D eigenvalue weighted by Gasteiger charge is 2.51. The van der Waals surface area contributed by atoms with E-state index in [4.69, 9.17) is 0 Å². The summed E-state index contributed by atoms with van der Waals surface area (Å²) in [6.45, 7) is 0. The lowest BCUT2D eigenvalue weighted by Crippen LogP contribution is -2.28. The molecule has 5 aliphatic rings. The van der Waals surface area contributed by atoms with Crippen molar-refractivity contribution in [2.45, 2.75) is 28.6 Å². The molecular formula is C133H87N. The van der Waals surface area contributed by atoms with Crippen LogP contribution >= 0.6 is 0 Å². The van der Waals surface area contributed by atoms with Crippen LogP contribution in [0.1, 0.15) is 112 Å². The van der Waals surface area contributed by atoms with E-state index in [1.54, 1.807) is 0 Å². The molecule has 22 aromatic carbocycles. The molecule has 0 bridgehead atoms. The molecule has 0 saturated carbocycles.